The largest absolute Gasteiger partial charge is 0.485 e. The number of carbonyl (C=O) groups is 1. The van der Waals surface area contributed by atoms with Crippen LogP contribution in [0.15, 0.2) is 72.9 Å². The highest BCUT2D eigenvalue weighted by Gasteiger charge is 2.13. The number of nitrogens with zero attached hydrogens (tertiary/aromatic N) is 1. The van der Waals surface area contributed by atoms with E-state index in [-0.39, 0.29) is 5.69 Å². The number of aldehydes is 1. The Hall–Kier alpha value is -3.14. The molecule has 1 heterocycles. The zero-order valence-electron chi connectivity index (χ0n) is 13.1. The number of rotatable bonds is 7. The van der Waals surface area contributed by atoms with Crippen LogP contribution in [0.4, 0.5) is 0 Å². The van der Waals surface area contributed by atoms with Crippen LogP contribution >= 0.6 is 0 Å². The van der Waals surface area contributed by atoms with Gasteiger partial charge in [-0.05, 0) is 11.1 Å². The van der Waals surface area contributed by atoms with E-state index in [1.807, 2.05) is 60.7 Å². The van der Waals surface area contributed by atoms with Crippen LogP contribution in [0.25, 0.3) is 0 Å². The van der Waals surface area contributed by atoms with E-state index >= 15 is 0 Å². The summed E-state index contributed by atoms with van der Waals surface area (Å²) < 4.78 is 11.6. The van der Waals surface area contributed by atoms with Crippen molar-refractivity contribution in [2.45, 2.75) is 13.2 Å². The van der Waals surface area contributed by atoms with Gasteiger partial charge in [-0.15, -0.1) is 0 Å². The molecule has 0 amide bonds. The first-order valence-corrected chi connectivity index (χ1v) is 7.64. The van der Waals surface area contributed by atoms with Crippen molar-refractivity contribution in [1.29, 1.82) is 0 Å². The first kappa shape index (κ1) is 15.7. The molecule has 4 heteroatoms. The third-order valence-electron chi connectivity index (χ3n) is 3.47. The van der Waals surface area contributed by atoms with Crippen LogP contribution in [0.2, 0.25) is 0 Å². The maximum absolute atomic E-state index is 11.3. The molecule has 0 spiro atoms. The molecule has 0 radical (unpaired) electrons. The van der Waals surface area contributed by atoms with Crippen LogP contribution in [-0.2, 0) is 13.2 Å². The number of carbonyl (C=O) groups excluding carboxylic acids is 1. The van der Waals surface area contributed by atoms with Gasteiger partial charge in [-0.25, -0.2) is 4.98 Å². The molecule has 0 aliphatic carbocycles. The predicted molar refractivity (Wildman–Crippen MR) is 91.2 cm³/mol. The normalized spacial score (nSPS) is 10.2. The zero-order valence-corrected chi connectivity index (χ0v) is 13.1. The highest BCUT2D eigenvalue weighted by Crippen LogP contribution is 2.30. The van der Waals surface area contributed by atoms with Crippen LogP contribution in [-0.4, -0.2) is 11.3 Å². The summed E-state index contributed by atoms with van der Waals surface area (Å²) in [5.74, 6) is 0.874. The van der Waals surface area contributed by atoms with E-state index in [9.17, 15) is 4.79 Å². The van der Waals surface area contributed by atoms with Gasteiger partial charge in [0.1, 0.15) is 18.9 Å². The topological polar surface area (TPSA) is 48.4 Å². The first-order chi connectivity index (χ1) is 11.9. The van der Waals surface area contributed by atoms with E-state index in [1.165, 1.54) is 0 Å². The Morgan fingerprint density at radius 3 is 1.96 bits per heavy atom. The van der Waals surface area contributed by atoms with Crippen LogP contribution in [0.5, 0.6) is 11.5 Å². The van der Waals surface area contributed by atoms with Gasteiger partial charge in [0.15, 0.2) is 17.8 Å². The lowest BCUT2D eigenvalue weighted by atomic mass is 10.2. The number of ether oxygens (including phenoxy) is 2. The maximum atomic E-state index is 11.3. The standard InChI is InChI=1S/C20H17NO3/c22-13-18-20(24-15-17-9-5-2-6-10-17)19(11-12-21-18)23-14-16-7-3-1-4-8-16/h1-13H,14-15H2. The quantitative estimate of drug-likeness (QED) is 0.616. The van der Waals surface area contributed by atoms with Crippen molar-refractivity contribution in [3.8, 4) is 11.5 Å². The minimum atomic E-state index is 0.233. The molecule has 24 heavy (non-hydrogen) atoms. The Morgan fingerprint density at radius 2 is 1.38 bits per heavy atom. The van der Waals surface area contributed by atoms with Gasteiger partial charge in [-0.2, -0.15) is 0 Å². The number of benzene rings is 2. The lowest BCUT2D eigenvalue weighted by Crippen LogP contribution is -2.04. The molecule has 0 bridgehead atoms. The van der Waals surface area contributed by atoms with E-state index in [4.69, 9.17) is 9.47 Å². The second kappa shape index (κ2) is 7.92. The fourth-order valence-electron chi connectivity index (χ4n) is 2.25. The smallest absolute Gasteiger partial charge is 0.190 e. The molecule has 0 saturated carbocycles. The summed E-state index contributed by atoms with van der Waals surface area (Å²) in [6.07, 6.45) is 2.22. The van der Waals surface area contributed by atoms with E-state index in [0.717, 1.165) is 11.1 Å². The first-order valence-electron chi connectivity index (χ1n) is 7.64. The van der Waals surface area contributed by atoms with Crippen molar-refractivity contribution in [2.24, 2.45) is 0 Å². The van der Waals surface area contributed by atoms with Crippen LogP contribution < -0.4 is 9.47 Å². The van der Waals surface area contributed by atoms with Crippen molar-refractivity contribution in [2.75, 3.05) is 0 Å². The van der Waals surface area contributed by atoms with E-state index in [0.29, 0.717) is 31.0 Å². The number of hydrogen-bond acceptors (Lipinski definition) is 4. The van der Waals surface area contributed by atoms with Crippen LogP contribution in [0.1, 0.15) is 21.6 Å². The second-order valence-electron chi connectivity index (χ2n) is 5.19. The Bertz CT molecular complexity index is 788. The fraction of sp³-hybridized carbons (Fsp3) is 0.100. The van der Waals surface area contributed by atoms with Gasteiger partial charge in [0.25, 0.3) is 0 Å². The van der Waals surface area contributed by atoms with Gasteiger partial charge < -0.3 is 9.47 Å². The SMILES string of the molecule is O=Cc1nccc(OCc2ccccc2)c1OCc1ccccc1. The van der Waals surface area contributed by atoms with Gasteiger partial charge >= 0.3 is 0 Å². The molecule has 0 unspecified atom stereocenters. The minimum Gasteiger partial charge on any atom is -0.485 e. The van der Waals surface area contributed by atoms with Crippen molar-refractivity contribution in [3.63, 3.8) is 0 Å². The fourth-order valence-corrected chi connectivity index (χ4v) is 2.25. The zero-order chi connectivity index (χ0) is 16.6. The summed E-state index contributed by atoms with van der Waals surface area (Å²) in [5.41, 5.74) is 2.28. The highest BCUT2D eigenvalue weighted by molar-refractivity contribution is 5.78. The van der Waals surface area contributed by atoms with E-state index < -0.39 is 0 Å². The molecule has 0 N–H and O–H groups in total. The Kier molecular flexibility index (Phi) is 5.20. The Morgan fingerprint density at radius 1 is 0.792 bits per heavy atom. The average molecular weight is 319 g/mol. The van der Waals surface area contributed by atoms with Gasteiger partial charge in [-0.3, -0.25) is 4.79 Å². The van der Waals surface area contributed by atoms with Crippen LogP contribution in [0, 0.1) is 0 Å². The van der Waals surface area contributed by atoms with Crippen molar-refractivity contribution in [1.82, 2.24) is 4.98 Å². The molecule has 0 aliphatic heterocycles. The molecule has 3 rings (SSSR count). The predicted octanol–water partition coefficient (Wildman–Crippen LogP) is 4.05. The molecule has 4 nitrogen and oxygen atoms in total. The van der Waals surface area contributed by atoms with E-state index in [1.54, 1.807) is 12.3 Å². The average Bonchev–Trinajstić information content (AvgIpc) is 2.66. The van der Waals surface area contributed by atoms with Gasteiger partial charge in [-0.1, -0.05) is 60.7 Å². The monoisotopic (exact) mass is 319 g/mol. The Labute approximate surface area is 140 Å². The number of aromatic nitrogens is 1. The molecular formula is C20H17NO3. The molecule has 0 atom stereocenters. The maximum Gasteiger partial charge on any atom is 0.190 e. The lowest BCUT2D eigenvalue weighted by Gasteiger charge is -2.14. The minimum absolute atomic E-state index is 0.233. The third kappa shape index (κ3) is 3.98. The summed E-state index contributed by atoms with van der Waals surface area (Å²) >= 11 is 0. The number of hydrogen-bond donors (Lipinski definition) is 0. The highest BCUT2D eigenvalue weighted by atomic mass is 16.5. The summed E-state index contributed by atoms with van der Waals surface area (Å²) in [6, 6.07) is 21.3. The summed E-state index contributed by atoms with van der Waals surface area (Å²) in [4.78, 5) is 15.3. The third-order valence-corrected chi connectivity index (χ3v) is 3.47. The van der Waals surface area contributed by atoms with Gasteiger partial charge in [0.2, 0.25) is 0 Å². The molecule has 3 aromatic rings. The molecule has 120 valence electrons. The molecule has 0 saturated heterocycles. The summed E-state index contributed by atoms with van der Waals surface area (Å²) in [7, 11) is 0. The number of pyridine rings is 1. The lowest BCUT2D eigenvalue weighted by molar-refractivity contribution is 0.111. The van der Waals surface area contributed by atoms with Crippen molar-refractivity contribution >= 4 is 6.29 Å². The summed E-state index contributed by atoms with van der Waals surface area (Å²) in [6.45, 7) is 0.736. The molecule has 2 aromatic carbocycles. The molecular weight excluding hydrogens is 302 g/mol. The van der Waals surface area contributed by atoms with E-state index in [2.05, 4.69) is 4.98 Å². The van der Waals surface area contributed by atoms with Gasteiger partial charge in [0, 0.05) is 12.3 Å². The van der Waals surface area contributed by atoms with Crippen molar-refractivity contribution < 1.29 is 14.3 Å². The van der Waals surface area contributed by atoms with Crippen LogP contribution in [0.3, 0.4) is 0 Å². The Balaban J connectivity index is 1.77. The molecule has 1 aromatic heterocycles. The molecule has 0 fully saturated rings. The van der Waals surface area contributed by atoms with Gasteiger partial charge in [0.05, 0.1) is 0 Å². The van der Waals surface area contributed by atoms with Crippen molar-refractivity contribution in [3.05, 3.63) is 89.7 Å². The summed E-state index contributed by atoms with van der Waals surface area (Å²) in [5, 5.41) is 0. The molecule has 0 aliphatic rings. The second-order valence-corrected chi connectivity index (χ2v) is 5.19.